The van der Waals surface area contributed by atoms with Crippen LogP contribution < -0.4 is 0 Å². The summed E-state index contributed by atoms with van der Waals surface area (Å²) >= 11 is 0. The Morgan fingerprint density at radius 3 is 2.21 bits per heavy atom. The third-order valence-electron chi connectivity index (χ3n) is 3.18. The number of rotatable bonds is 4. The van der Waals surface area contributed by atoms with Crippen molar-refractivity contribution in [3.8, 4) is 0 Å². The number of hydrogen-bond donors (Lipinski definition) is 1. The Labute approximate surface area is 114 Å². The molecule has 3 heteroatoms. The Bertz CT molecular complexity index is 525. The van der Waals surface area contributed by atoms with Crippen molar-refractivity contribution >= 4 is 11.9 Å². The Balaban J connectivity index is 2.46. The quantitative estimate of drug-likeness (QED) is 0.808. The molecule has 0 aliphatic heterocycles. The van der Waals surface area contributed by atoms with Crippen LogP contribution >= 0.6 is 0 Å². The van der Waals surface area contributed by atoms with Gasteiger partial charge < -0.3 is 4.98 Å². The minimum atomic E-state index is 0.461. The predicted octanol–water partition coefficient (Wildman–Crippen LogP) is 4.41. The lowest BCUT2D eigenvalue weighted by Crippen LogP contribution is -1.96. The molecule has 0 bridgehead atoms. The van der Waals surface area contributed by atoms with Gasteiger partial charge in [-0.15, -0.1) is 0 Å². The Morgan fingerprint density at radius 1 is 1.11 bits per heavy atom. The molecule has 0 radical (unpaired) electrons. The molecule has 1 heterocycles. The number of aliphatic imine (C=N–C) groups is 1. The summed E-state index contributed by atoms with van der Waals surface area (Å²) in [5.41, 5.74) is 3.66. The Hall–Kier alpha value is -1.90. The van der Waals surface area contributed by atoms with Crippen LogP contribution in [0.5, 0.6) is 0 Å². The van der Waals surface area contributed by atoms with Crippen molar-refractivity contribution in [1.29, 1.82) is 0 Å². The molecule has 0 unspecified atom stereocenters. The van der Waals surface area contributed by atoms with Crippen molar-refractivity contribution in [2.45, 2.75) is 39.5 Å². The Morgan fingerprint density at radius 2 is 1.74 bits per heavy atom. The van der Waals surface area contributed by atoms with Crippen LogP contribution in [0.4, 0.5) is 5.69 Å². The van der Waals surface area contributed by atoms with E-state index in [4.69, 9.17) is 0 Å². The lowest BCUT2D eigenvalue weighted by atomic mass is 9.93. The van der Waals surface area contributed by atoms with Crippen molar-refractivity contribution in [3.05, 3.63) is 47.5 Å². The third-order valence-corrected chi connectivity index (χ3v) is 3.18. The predicted molar refractivity (Wildman–Crippen MR) is 80.5 cm³/mol. The fourth-order valence-electron chi connectivity index (χ4n) is 2.13. The monoisotopic (exact) mass is 255 g/mol. The first-order valence-electron chi connectivity index (χ1n) is 6.76. The van der Waals surface area contributed by atoms with Gasteiger partial charge in [0.2, 0.25) is 0 Å². The molecular formula is C16H21N3. The third kappa shape index (κ3) is 3.11. The summed E-state index contributed by atoms with van der Waals surface area (Å²) in [4.78, 5) is 11.9. The van der Waals surface area contributed by atoms with Gasteiger partial charge in [-0.3, -0.25) is 4.99 Å². The molecule has 100 valence electrons. The number of para-hydroxylation sites is 1. The number of H-pyrrole nitrogens is 1. The molecule has 0 saturated heterocycles. The molecule has 0 saturated carbocycles. The first-order valence-corrected chi connectivity index (χ1v) is 6.76. The van der Waals surface area contributed by atoms with Gasteiger partial charge in [0.05, 0.1) is 11.9 Å². The van der Waals surface area contributed by atoms with Gasteiger partial charge in [-0.25, -0.2) is 4.98 Å². The number of hydrogen-bond acceptors (Lipinski definition) is 2. The smallest absolute Gasteiger partial charge is 0.148 e. The van der Waals surface area contributed by atoms with Crippen LogP contribution in [0.25, 0.3) is 0 Å². The molecule has 0 spiro atoms. The first-order chi connectivity index (χ1) is 9.09. The normalized spacial score (nSPS) is 11.9. The Kier molecular flexibility index (Phi) is 4.15. The minimum Gasteiger partial charge on any atom is -0.344 e. The van der Waals surface area contributed by atoms with Crippen molar-refractivity contribution in [3.63, 3.8) is 0 Å². The lowest BCUT2D eigenvalue weighted by Gasteiger charge is -2.15. The van der Waals surface area contributed by atoms with Crippen molar-refractivity contribution in [1.82, 2.24) is 9.97 Å². The van der Waals surface area contributed by atoms with E-state index in [1.54, 1.807) is 18.6 Å². The van der Waals surface area contributed by atoms with Crippen LogP contribution in [0, 0.1) is 0 Å². The van der Waals surface area contributed by atoms with Gasteiger partial charge in [-0.05, 0) is 23.0 Å². The zero-order valence-electron chi connectivity index (χ0n) is 12.0. The fourth-order valence-corrected chi connectivity index (χ4v) is 2.13. The summed E-state index contributed by atoms with van der Waals surface area (Å²) in [7, 11) is 0. The van der Waals surface area contributed by atoms with E-state index in [1.807, 2.05) is 0 Å². The molecule has 1 aromatic carbocycles. The number of nitrogens with zero attached hydrogens (tertiary/aromatic N) is 2. The standard InChI is InChI=1S/C16H21N3/c1-11(2)13-6-5-7-14(12(3)4)16(13)19-10-15-17-8-9-18-15/h5-12H,1-4H3,(H,17,18). The van der Waals surface area contributed by atoms with Gasteiger partial charge in [0, 0.05) is 12.4 Å². The van der Waals surface area contributed by atoms with Gasteiger partial charge >= 0.3 is 0 Å². The largest absolute Gasteiger partial charge is 0.344 e. The maximum absolute atomic E-state index is 4.67. The maximum Gasteiger partial charge on any atom is 0.148 e. The van der Waals surface area contributed by atoms with Crippen LogP contribution in [0.2, 0.25) is 0 Å². The van der Waals surface area contributed by atoms with E-state index in [1.165, 1.54) is 11.1 Å². The molecule has 2 rings (SSSR count). The molecule has 3 nitrogen and oxygen atoms in total. The molecule has 0 atom stereocenters. The van der Waals surface area contributed by atoms with E-state index in [2.05, 4.69) is 60.9 Å². The van der Waals surface area contributed by atoms with Crippen LogP contribution in [-0.4, -0.2) is 16.2 Å². The van der Waals surface area contributed by atoms with Gasteiger partial charge in [0.1, 0.15) is 5.82 Å². The van der Waals surface area contributed by atoms with Crippen LogP contribution in [0.15, 0.2) is 35.6 Å². The topological polar surface area (TPSA) is 41.0 Å². The van der Waals surface area contributed by atoms with Gasteiger partial charge in [0.25, 0.3) is 0 Å². The van der Waals surface area contributed by atoms with Crippen LogP contribution in [0.1, 0.15) is 56.5 Å². The molecule has 0 aliphatic rings. The SMILES string of the molecule is CC(C)c1cccc(C(C)C)c1N=Cc1ncc[nH]1. The lowest BCUT2D eigenvalue weighted by molar-refractivity contribution is 0.835. The molecule has 0 amide bonds. The van der Waals surface area contributed by atoms with E-state index < -0.39 is 0 Å². The molecule has 1 N–H and O–H groups in total. The molecule has 19 heavy (non-hydrogen) atoms. The van der Waals surface area contributed by atoms with E-state index >= 15 is 0 Å². The summed E-state index contributed by atoms with van der Waals surface area (Å²) in [6, 6.07) is 6.44. The molecular weight excluding hydrogens is 234 g/mol. The number of nitrogens with one attached hydrogen (secondary N) is 1. The molecule has 2 aromatic rings. The molecule has 1 aromatic heterocycles. The second kappa shape index (κ2) is 5.83. The van der Waals surface area contributed by atoms with Gasteiger partial charge in [-0.1, -0.05) is 45.9 Å². The van der Waals surface area contributed by atoms with Crippen molar-refractivity contribution in [2.75, 3.05) is 0 Å². The summed E-state index contributed by atoms with van der Waals surface area (Å²) in [6.07, 6.45) is 5.34. The van der Waals surface area contributed by atoms with Crippen molar-refractivity contribution in [2.24, 2.45) is 4.99 Å². The number of aromatic amines is 1. The van der Waals surface area contributed by atoms with Gasteiger partial charge in [0.15, 0.2) is 0 Å². The summed E-state index contributed by atoms with van der Waals surface area (Å²) < 4.78 is 0. The fraction of sp³-hybridized carbons (Fsp3) is 0.375. The molecule has 0 fully saturated rings. The zero-order chi connectivity index (χ0) is 13.8. The average molecular weight is 255 g/mol. The number of imidazole rings is 1. The van der Waals surface area contributed by atoms with Crippen molar-refractivity contribution < 1.29 is 0 Å². The summed E-state index contributed by atoms with van der Waals surface area (Å²) in [5, 5.41) is 0. The highest BCUT2D eigenvalue weighted by atomic mass is 14.9. The summed E-state index contributed by atoms with van der Waals surface area (Å²) in [6.45, 7) is 8.80. The second-order valence-corrected chi connectivity index (χ2v) is 5.33. The number of benzene rings is 1. The van der Waals surface area contributed by atoms with E-state index in [0.717, 1.165) is 11.5 Å². The minimum absolute atomic E-state index is 0.461. The highest BCUT2D eigenvalue weighted by molar-refractivity contribution is 5.78. The zero-order valence-corrected chi connectivity index (χ0v) is 12.0. The first kappa shape index (κ1) is 13.5. The van der Waals surface area contributed by atoms with E-state index in [9.17, 15) is 0 Å². The number of aromatic nitrogens is 2. The van der Waals surface area contributed by atoms with Gasteiger partial charge in [-0.2, -0.15) is 0 Å². The van der Waals surface area contributed by atoms with Crippen LogP contribution in [0.3, 0.4) is 0 Å². The maximum atomic E-state index is 4.67. The van der Waals surface area contributed by atoms with E-state index in [-0.39, 0.29) is 0 Å². The molecule has 0 aliphatic carbocycles. The highest BCUT2D eigenvalue weighted by Gasteiger charge is 2.12. The summed E-state index contributed by atoms with van der Waals surface area (Å²) in [5.74, 6) is 1.71. The average Bonchev–Trinajstić information content (AvgIpc) is 2.88. The van der Waals surface area contributed by atoms with E-state index in [0.29, 0.717) is 11.8 Å². The van der Waals surface area contributed by atoms with Crippen LogP contribution in [-0.2, 0) is 0 Å². The highest BCUT2D eigenvalue weighted by Crippen LogP contribution is 2.34. The second-order valence-electron chi connectivity index (χ2n) is 5.33.